The molecule has 4 N–H and O–H groups in total. The third-order valence-corrected chi connectivity index (χ3v) is 5.12. The molecule has 6 heteroatoms. The number of oxime groups is 1. The minimum absolute atomic E-state index is 0.0561. The fourth-order valence-corrected chi connectivity index (χ4v) is 3.25. The second-order valence-corrected chi connectivity index (χ2v) is 6.11. The Hall–Kier alpha value is -1.27. The standard InChI is InChI=1S/C13H20N4OS/c1-19-13(5-3-6-13)9-15-8-10-4-2-7-16-11(10)12(14)17-18/h2,4,7,15,18H,3,5-6,8-9H2,1H3,(H2,14,17). The van der Waals surface area contributed by atoms with Crippen LogP contribution in [0.4, 0.5) is 0 Å². The van der Waals surface area contributed by atoms with Gasteiger partial charge in [-0.05, 0) is 30.7 Å². The number of pyridine rings is 1. The molecule has 1 fully saturated rings. The highest BCUT2D eigenvalue weighted by atomic mass is 32.2. The Morgan fingerprint density at radius 2 is 2.42 bits per heavy atom. The summed E-state index contributed by atoms with van der Waals surface area (Å²) in [6, 6.07) is 3.80. The van der Waals surface area contributed by atoms with E-state index in [-0.39, 0.29) is 5.84 Å². The average molecular weight is 280 g/mol. The summed E-state index contributed by atoms with van der Waals surface area (Å²) in [5.74, 6) is 0.0561. The molecule has 0 amide bonds. The molecule has 1 aromatic heterocycles. The molecule has 0 bridgehead atoms. The quantitative estimate of drug-likeness (QED) is 0.319. The molecule has 0 aliphatic heterocycles. The number of nitrogens with one attached hydrogen (secondary N) is 1. The first kappa shape index (κ1) is 14.1. The molecule has 1 aromatic rings. The summed E-state index contributed by atoms with van der Waals surface area (Å²) in [4.78, 5) is 4.16. The van der Waals surface area contributed by atoms with Gasteiger partial charge < -0.3 is 16.3 Å². The lowest BCUT2D eigenvalue weighted by molar-refractivity contribution is 0.318. The van der Waals surface area contributed by atoms with Gasteiger partial charge in [0.1, 0.15) is 5.69 Å². The molecule has 0 unspecified atom stereocenters. The number of amidine groups is 1. The molecule has 2 rings (SSSR count). The Balaban J connectivity index is 1.96. The molecule has 19 heavy (non-hydrogen) atoms. The molecule has 0 atom stereocenters. The van der Waals surface area contributed by atoms with Crippen LogP contribution in [-0.4, -0.2) is 33.6 Å². The summed E-state index contributed by atoms with van der Waals surface area (Å²) in [5, 5.41) is 15.2. The normalized spacial score (nSPS) is 18.1. The van der Waals surface area contributed by atoms with Crippen LogP contribution < -0.4 is 11.1 Å². The molecule has 1 aliphatic rings. The van der Waals surface area contributed by atoms with Crippen LogP contribution in [-0.2, 0) is 6.54 Å². The molecule has 1 heterocycles. The van der Waals surface area contributed by atoms with E-state index in [1.165, 1.54) is 19.3 Å². The van der Waals surface area contributed by atoms with E-state index < -0.39 is 0 Å². The summed E-state index contributed by atoms with van der Waals surface area (Å²) in [6.07, 6.45) is 7.70. The van der Waals surface area contributed by atoms with E-state index in [1.807, 2.05) is 23.9 Å². The van der Waals surface area contributed by atoms with Crippen molar-refractivity contribution >= 4 is 17.6 Å². The van der Waals surface area contributed by atoms with Crippen LogP contribution in [0, 0.1) is 0 Å². The lowest BCUT2D eigenvalue weighted by atomic mass is 9.84. The maximum absolute atomic E-state index is 8.75. The van der Waals surface area contributed by atoms with Crippen LogP contribution in [0.1, 0.15) is 30.5 Å². The number of hydrogen-bond acceptors (Lipinski definition) is 5. The van der Waals surface area contributed by atoms with Gasteiger partial charge in [-0.3, -0.25) is 4.98 Å². The van der Waals surface area contributed by atoms with Gasteiger partial charge in [0.2, 0.25) is 0 Å². The molecule has 5 nitrogen and oxygen atoms in total. The number of rotatable bonds is 6. The van der Waals surface area contributed by atoms with E-state index in [0.29, 0.717) is 17.0 Å². The summed E-state index contributed by atoms with van der Waals surface area (Å²) in [5.41, 5.74) is 7.12. The van der Waals surface area contributed by atoms with E-state index in [2.05, 4.69) is 21.7 Å². The zero-order valence-corrected chi connectivity index (χ0v) is 11.9. The Labute approximate surface area is 117 Å². The Kier molecular flexibility index (Phi) is 4.66. The van der Waals surface area contributed by atoms with Gasteiger partial charge in [0.05, 0.1) is 0 Å². The number of thioether (sulfide) groups is 1. The molecule has 1 saturated carbocycles. The van der Waals surface area contributed by atoms with Crippen LogP contribution in [0.5, 0.6) is 0 Å². The van der Waals surface area contributed by atoms with Crippen LogP contribution in [0.2, 0.25) is 0 Å². The highest BCUT2D eigenvalue weighted by Crippen LogP contribution is 2.42. The topological polar surface area (TPSA) is 83.5 Å². The summed E-state index contributed by atoms with van der Waals surface area (Å²) in [7, 11) is 0. The van der Waals surface area contributed by atoms with Gasteiger partial charge in [0.15, 0.2) is 5.84 Å². The van der Waals surface area contributed by atoms with Crippen LogP contribution >= 0.6 is 11.8 Å². The number of hydrogen-bond donors (Lipinski definition) is 3. The second-order valence-electron chi connectivity index (χ2n) is 4.84. The van der Waals surface area contributed by atoms with E-state index in [4.69, 9.17) is 10.9 Å². The number of aromatic nitrogens is 1. The first-order valence-electron chi connectivity index (χ1n) is 6.38. The first-order chi connectivity index (χ1) is 9.21. The van der Waals surface area contributed by atoms with Crippen molar-refractivity contribution in [3.8, 4) is 0 Å². The number of nitrogens with zero attached hydrogens (tertiary/aromatic N) is 2. The zero-order valence-electron chi connectivity index (χ0n) is 11.1. The lowest BCUT2D eigenvalue weighted by Crippen LogP contribution is -2.43. The molecule has 0 saturated heterocycles. The molecular formula is C13H20N4OS. The molecule has 0 radical (unpaired) electrons. The molecule has 104 valence electrons. The summed E-state index contributed by atoms with van der Waals surface area (Å²) < 4.78 is 0.402. The maximum atomic E-state index is 8.75. The fraction of sp³-hybridized carbons (Fsp3) is 0.538. The van der Waals surface area contributed by atoms with Crippen molar-refractivity contribution in [1.82, 2.24) is 10.3 Å². The smallest absolute Gasteiger partial charge is 0.189 e. The molecule has 0 spiro atoms. The van der Waals surface area contributed by atoms with Gasteiger partial charge >= 0.3 is 0 Å². The van der Waals surface area contributed by atoms with E-state index >= 15 is 0 Å². The van der Waals surface area contributed by atoms with Gasteiger partial charge in [-0.2, -0.15) is 11.8 Å². The molecule has 0 aromatic carbocycles. The minimum Gasteiger partial charge on any atom is -0.409 e. The highest BCUT2D eigenvalue weighted by Gasteiger charge is 2.35. The van der Waals surface area contributed by atoms with E-state index in [0.717, 1.165) is 12.1 Å². The molecule has 1 aliphatic carbocycles. The van der Waals surface area contributed by atoms with Crippen molar-refractivity contribution in [2.75, 3.05) is 12.8 Å². The van der Waals surface area contributed by atoms with E-state index in [1.54, 1.807) is 6.20 Å². The highest BCUT2D eigenvalue weighted by molar-refractivity contribution is 8.00. The van der Waals surface area contributed by atoms with Crippen molar-refractivity contribution in [2.45, 2.75) is 30.6 Å². The average Bonchev–Trinajstić information content (AvgIpc) is 2.41. The third kappa shape index (κ3) is 3.19. The van der Waals surface area contributed by atoms with Crippen molar-refractivity contribution in [2.24, 2.45) is 10.9 Å². The Bertz CT molecular complexity index is 454. The van der Waals surface area contributed by atoms with Crippen molar-refractivity contribution in [1.29, 1.82) is 0 Å². The van der Waals surface area contributed by atoms with Crippen molar-refractivity contribution < 1.29 is 5.21 Å². The monoisotopic (exact) mass is 280 g/mol. The predicted octanol–water partition coefficient (Wildman–Crippen LogP) is 1.55. The van der Waals surface area contributed by atoms with Gasteiger partial charge in [0, 0.05) is 24.0 Å². The van der Waals surface area contributed by atoms with Crippen LogP contribution in [0.15, 0.2) is 23.5 Å². The molecular weight excluding hydrogens is 260 g/mol. The fourth-order valence-electron chi connectivity index (χ4n) is 2.31. The van der Waals surface area contributed by atoms with Gasteiger partial charge in [-0.15, -0.1) is 0 Å². The SMILES string of the molecule is CSC1(CNCc2cccnc2/C(N)=N/O)CCC1. The van der Waals surface area contributed by atoms with Crippen LogP contribution in [0.25, 0.3) is 0 Å². The van der Waals surface area contributed by atoms with E-state index in [9.17, 15) is 0 Å². The summed E-state index contributed by atoms with van der Waals surface area (Å²) >= 11 is 1.94. The first-order valence-corrected chi connectivity index (χ1v) is 7.61. The lowest BCUT2D eigenvalue weighted by Gasteiger charge is -2.40. The van der Waals surface area contributed by atoms with Gasteiger partial charge in [-0.25, -0.2) is 0 Å². The van der Waals surface area contributed by atoms with Crippen LogP contribution in [0.3, 0.4) is 0 Å². The predicted molar refractivity (Wildman–Crippen MR) is 78.6 cm³/mol. The van der Waals surface area contributed by atoms with Gasteiger partial charge in [0.25, 0.3) is 0 Å². The van der Waals surface area contributed by atoms with Gasteiger partial charge in [-0.1, -0.05) is 17.6 Å². The largest absolute Gasteiger partial charge is 0.409 e. The minimum atomic E-state index is 0.0561. The number of nitrogens with two attached hydrogens (primary N) is 1. The van der Waals surface area contributed by atoms with Crippen molar-refractivity contribution in [3.05, 3.63) is 29.6 Å². The third-order valence-electron chi connectivity index (χ3n) is 3.70. The Morgan fingerprint density at radius 3 is 3.00 bits per heavy atom. The summed E-state index contributed by atoms with van der Waals surface area (Å²) in [6.45, 7) is 1.67. The maximum Gasteiger partial charge on any atom is 0.189 e. The van der Waals surface area contributed by atoms with Crippen molar-refractivity contribution in [3.63, 3.8) is 0 Å². The zero-order chi connectivity index (χ0) is 13.7. The second kappa shape index (κ2) is 6.25. The Morgan fingerprint density at radius 1 is 1.63 bits per heavy atom.